The van der Waals surface area contributed by atoms with E-state index in [9.17, 15) is 4.39 Å². The molecule has 0 spiro atoms. The van der Waals surface area contributed by atoms with Crippen LogP contribution < -0.4 is 15.2 Å². The molecule has 3 nitrogen and oxygen atoms in total. The summed E-state index contributed by atoms with van der Waals surface area (Å²) in [6.45, 7) is 2.87. The van der Waals surface area contributed by atoms with E-state index in [1.807, 2.05) is 30.3 Å². The van der Waals surface area contributed by atoms with Gasteiger partial charge >= 0.3 is 0 Å². The standard InChI is InChI=1S/C17H20FNO2/c1-13(19)16-12-14(18)8-9-17(16)21-11-5-10-20-15-6-3-2-4-7-15/h2-4,6-9,12-13H,5,10-11,19H2,1H3. The molecule has 0 amide bonds. The third-order valence-electron chi connectivity index (χ3n) is 3.02. The molecular formula is C17H20FNO2. The average Bonchev–Trinajstić information content (AvgIpc) is 2.49. The minimum atomic E-state index is -0.304. The van der Waals surface area contributed by atoms with Crippen LogP contribution in [0.1, 0.15) is 24.9 Å². The Morgan fingerprint density at radius 1 is 1.05 bits per heavy atom. The van der Waals surface area contributed by atoms with Crippen LogP contribution >= 0.6 is 0 Å². The molecule has 0 aliphatic rings. The molecule has 0 saturated heterocycles. The lowest BCUT2D eigenvalue weighted by Crippen LogP contribution is -2.10. The number of para-hydroxylation sites is 1. The zero-order chi connectivity index (χ0) is 15.1. The van der Waals surface area contributed by atoms with Crippen molar-refractivity contribution in [1.29, 1.82) is 0 Å². The molecule has 1 unspecified atom stereocenters. The van der Waals surface area contributed by atoms with Gasteiger partial charge in [-0.1, -0.05) is 18.2 Å². The number of hydrogen-bond acceptors (Lipinski definition) is 3. The predicted octanol–water partition coefficient (Wildman–Crippen LogP) is 3.69. The van der Waals surface area contributed by atoms with Gasteiger partial charge in [0.15, 0.2) is 0 Å². The van der Waals surface area contributed by atoms with Crippen LogP contribution in [0.25, 0.3) is 0 Å². The van der Waals surface area contributed by atoms with E-state index in [0.717, 1.165) is 12.2 Å². The van der Waals surface area contributed by atoms with Gasteiger partial charge in [-0.3, -0.25) is 0 Å². The Labute approximate surface area is 124 Å². The third-order valence-corrected chi connectivity index (χ3v) is 3.02. The van der Waals surface area contributed by atoms with Gasteiger partial charge in [-0.15, -0.1) is 0 Å². The molecule has 0 aliphatic heterocycles. The lowest BCUT2D eigenvalue weighted by molar-refractivity contribution is 0.245. The van der Waals surface area contributed by atoms with Crippen LogP contribution in [0.15, 0.2) is 48.5 Å². The third kappa shape index (κ3) is 4.76. The van der Waals surface area contributed by atoms with Gasteiger partial charge in [0.2, 0.25) is 0 Å². The average molecular weight is 289 g/mol. The summed E-state index contributed by atoms with van der Waals surface area (Å²) >= 11 is 0. The largest absolute Gasteiger partial charge is 0.493 e. The molecule has 0 aliphatic carbocycles. The molecule has 2 rings (SSSR count). The van der Waals surface area contributed by atoms with Crippen molar-refractivity contribution in [3.8, 4) is 11.5 Å². The zero-order valence-corrected chi connectivity index (χ0v) is 12.1. The van der Waals surface area contributed by atoms with Gasteiger partial charge in [-0.25, -0.2) is 4.39 Å². The molecule has 1 atom stereocenters. The highest BCUT2D eigenvalue weighted by molar-refractivity contribution is 5.36. The van der Waals surface area contributed by atoms with E-state index in [2.05, 4.69) is 0 Å². The fourth-order valence-corrected chi connectivity index (χ4v) is 1.95. The molecule has 112 valence electrons. The van der Waals surface area contributed by atoms with Gasteiger partial charge < -0.3 is 15.2 Å². The summed E-state index contributed by atoms with van der Waals surface area (Å²) in [6, 6.07) is 13.8. The van der Waals surface area contributed by atoms with Gasteiger partial charge in [-0.2, -0.15) is 0 Å². The topological polar surface area (TPSA) is 44.5 Å². The fraction of sp³-hybridized carbons (Fsp3) is 0.294. The molecular weight excluding hydrogens is 269 g/mol. The van der Waals surface area contributed by atoms with Gasteiger partial charge in [0.25, 0.3) is 0 Å². The maximum Gasteiger partial charge on any atom is 0.124 e. The molecule has 2 aromatic carbocycles. The number of nitrogens with two attached hydrogens (primary N) is 1. The first kappa shape index (κ1) is 15.3. The lowest BCUT2D eigenvalue weighted by atomic mass is 10.1. The molecule has 0 heterocycles. The molecule has 0 bridgehead atoms. The van der Waals surface area contributed by atoms with Crippen LogP contribution in [-0.4, -0.2) is 13.2 Å². The molecule has 4 heteroatoms. The first-order valence-electron chi connectivity index (χ1n) is 7.02. The fourth-order valence-electron chi connectivity index (χ4n) is 1.95. The highest BCUT2D eigenvalue weighted by Crippen LogP contribution is 2.24. The van der Waals surface area contributed by atoms with Crippen LogP contribution in [0, 0.1) is 5.82 Å². The van der Waals surface area contributed by atoms with E-state index < -0.39 is 0 Å². The van der Waals surface area contributed by atoms with E-state index >= 15 is 0 Å². The van der Waals surface area contributed by atoms with Crippen LogP contribution in [0.3, 0.4) is 0 Å². The minimum absolute atomic E-state index is 0.267. The normalized spacial score (nSPS) is 12.0. The molecule has 21 heavy (non-hydrogen) atoms. The van der Waals surface area contributed by atoms with E-state index in [-0.39, 0.29) is 11.9 Å². The Kier molecular flexibility index (Phi) is 5.58. The monoisotopic (exact) mass is 289 g/mol. The predicted molar refractivity (Wildman–Crippen MR) is 81.1 cm³/mol. The van der Waals surface area contributed by atoms with Crippen LogP contribution in [0.5, 0.6) is 11.5 Å². The van der Waals surface area contributed by atoms with Crippen molar-refractivity contribution in [2.75, 3.05) is 13.2 Å². The van der Waals surface area contributed by atoms with E-state index in [0.29, 0.717) is 24.5 Å². The Bertz CT molecular complexity index is 558. The molecule has 2 aromatic rings. The van der Waals surface area contributed by atoms with Crippen LogP contribution in [0.4, 0.5) is 4.39 Å². The zero-order valence-electron chi connectivity index (χ0n) is 12.1. The maximum absolute atomic E-state index is 13.2. The number of ether oxygens (including phenoxy) is 2. The molecule has 0 radical (unpaired) electrons. The van der Waals surface area contributed by atoms with Crippen LogP contribution in [0.2, 0.25) is 0 Å². The Morgan fingerprint density at radius 2 is 1.76 bits per heavy atom. The summed E-state index contributed by atoms with van der Waals surface area (Å²) in [5.41, 5.74) is 6.50. The quantitative estimate of drug-likeness (QED) is 0.791. The van der Waals surface area contributed by atoms with Crippen LogP contribution in [-0.2, 0) is 0 Å². The Morgan fingerprint density at radius 3 is 2.48 bits per heavy atom. The molecule has 0 aromatic heterocycles. The summed E-state index contributed by atoms with van der Waals surface area (Å²) in [7, 11) is 0. The van der Waals surface area contributed by atoms with E-state index in [4.69, 9.17) is 15.2 Å². The smallest absolute Gasteiger partial charge is 0.124 e. The van der Waals surface area contributed by atoms with E-state index in [1.165, 1.54) is 12.1 Å². The Balaban J connectivity index is 1.78. The number of rotatable bonds is 7. The summed E-state index contributed by atoms with van der Waals surface area (Å²) in [4.78, 5) is 0. The van der Waals surface area contributed by atoms with Crippen molar-refractivity contribution >= 4 is 0 Å². The van der Waals surface area contributed by atoms with Gasteiger partial charge in [0.1, 0.15) is 17.3 Å². The van der Waals surface area contributed by atoms with Crippen molar-refractivity contribution in [1.82, 2.24) is 0 Å². The number of hydrogen-bond donors (Lipinski definition) is 1. The SMILES string of the molecule is CC(N)c1cc(F)ccc1OCCCOc1ccccc1. The van der Waals surface area contributed by atoms with Gasteiger partial charge in [0.05, 0.1) is 13.2 Å². The first-order valence-corrected chi connectivity index (χ1v) is 7.02. The van der Waals surface area contributed by atoms with Crippen molar-refractivity contribution in [2.24, 2.45) is 5.73 Å². The van der Waals surface area contributed by atoms with Gasteiger partial charge in [0, 0.05) is 18.0 Å². The van der Waals surface area contributed by atoms with Gasteiger partial charge in [-0.05, 0) is 37.3 Å². The second kappa shape index (κ2) is 7.64. The summed E-state index contributed by atoms with van der Waals surface area (Å²) < 4.78 is 24.4. The van der Waals surface area contributed by atoms with Crippen molar-refractivity contribution in [2.45, 2.75) is 19.4 Å². The minimum Gasteiger partial charge on any atom is -0.493 e. The molecule has 2 N–H and O–H groups in total. The van der Waals surface area contributed by atoms with Crippen molar-refractivity contribution in [3.05, 3.63) is 59.9 Å². The van der Waals surface area contributed by atoms with Crippen molar-refractivity contribution in [3.63, 3.8) is 0 Å². The lowest BCUT2D eigenvalue weighted by Gasteiger charge is -2.14. The first-order chi connectivity index (χ1) is 10.2. The number of halogens is 1. The molecule has 0 fully saturated rings. The summed E-state index contributed by atoms with van der Waals surface area (Å²) in [5, 5.41) is 0. The Hall–Kier alpha value is -2.07. The second-order valence-corrected chi connectivity index (χ2v) is 4.83. The highest BCUT2D eigenvalue weighted by atomic mass is 19.1. The maximum atomic E-state index is 13.2. The summed E-state index contributed by atoms with van der Waals surface area (Å²) in [6.07, 6.45) is 0.741. The molecule has 0 saturated carbocycles. The second-order valence-electron chi connectivity index (χ2n) is 4.83. The highest BCUT2D eigenvalue weighted by Gasteiger charge is 2.09. The number of benzene rings is 2. The van der Waals surface area contributed by atoms with Crippen molar-refractivity contribution < 1.29 is 13.9 Å². The summed E-state index contributed by atoms with van der Waals surface area (Å²) in [5.74, 6) is 1.17. The van der Waals surface area contributed by atoms with E-state index in [1.54, 1.807) is 13.0 Å².